The first kappa shape index (κ1) is 31.5. The summed E-state index contributed by atoms with van der Waals surface area (Å²) in [5, 5.41) is 17.0. The highest BCUT2D eigenvalue weighted by Gasteiger charge is 2.30. The van der Waals surface area contributed by atoms with Crippen LogP contribution in [-0.4, -0.2) is 54.8 Å². The Balaban J connectivity index is 1.56. The van der Waals surface area contributed by atoms with Crippen LogP contribution in [0.5, 0.6) is 5.75 Å². The number of carbonyl (C=O) groups is 1. The highest BCUT2D eigenvalue weighted by atomic mass is 19.4. The molecule has 0 saturated carbocycles. The first-order valence-corrected chi connectivity index (χ1v) is 14.0. The maximum absolute atomic E-state index is 14.5. The number of aliphatic hydroxyl groups is 1. The van der Waals surface area contributed by atoms with Gasteiger partial charge in [0.25, 0.3) is 5.91 Å². The lowest BCUT2D eigenvalue weighted by Crippen LogP contribution is -2.48. The molecule has 0 aliphatic carbocycles. The molecule has 0 radical (unpaired) electrons. The molecule has 4 bridgehead atoms. The van der Waals surface area contributed by atoms with Gasteiger partial charge in [-0.15, -0.1) is 0 Å². The maximum Gasteiger partial charge on any atom is 0.416 e. The van der Waals surface area contributed by atoms with E-state index in [0.29, 0.717) is 35.6 Å². The van der Waals surface area contributed by atoms with E-state index in [2.05, 4.69) is 15.5 Å². The number of nitrogens with one attached hydrogen (secondary N) is 2. The van der Waals surface area contributed by atoms with Crippen LogP contribution in [0.15, 0.2) is 60.7 Å². The van der Waals surface area contributed by atoms with Gasteiger partial charge in [-0.3, -0.25) is 4.79 Å². The van der Waals surface area contributed by atoms with E-state index in [4.69, 9.17) is 4.74 Å². The number of ether oxygens (including phenoxy) is 1. The Kier molecular flexibility index (Phi) is 10.6. The van der Waals surface area contributed by atoms with E-state index < -0.39 is 29.7 Å². The molecule has 2 atom stereocenters. The first-order valence-electron chi connectivity index (χ1n) is 14.0. The molecule has 42 heavy (non-hydrogen) atoms. The number of aliphatic hydroxyl groups excluding tert-OH is 1. The van der Waals surface area contributed by atoms with E-state index in [1.54, 1.807) is 18.2 Å². The van der Waals surface area contributed by atoms with Crippen molar-refractivity contribution in [1.82, 2.24) is 15.5 Å². The van der Waals surface area contributed by atoms with Crippen LogP contribution in [-0.2, 0) is 25.7 Å². The molecule has 1 aliphatic rings. The van der Waals surface area contributed by atoms with Crippen molar-refractivity contribution >= 4 is 5.91 Å². The topological polar surface area (TPSA) is 73.8 Å². The van der Waals surface area contributed by atoms with Gasteiger partial charge in [-0.2, -0.15) is 13.2 Å². The van der Waals surface area contributed by atoms with Gasteiger partial charge in [0, 0.05) is 31.3 Å². The summed E-state index contributed by atoms with van der Waals surface area (Å²) in [6, 6.07) is 14.1. The van der Waals surface area contributed by atoms with Crippen molar-refractivity contribution in [3.63, 3.8) is 0 Å². The molecule has 3 aromatic rings. The predicted octanol–water partition coefficient (Wildman–Crippen LogP) is 5.25. The number of alkyl halides is 3. The minimum Gasteiger partial charge on any atom is -0.493 e. The van der Waals surface area contributed by atoms with Crippen LogP contribution in [0, 0.1) is 12.7 Å². The van der Waals surface area contributed by atoms with Crippen LogP contribution in [0.3, 0.4) is 0 Å². The lowest BCUT2D eigenvalue weighted by Gasteiger charge is -2.25. The van der Waals surface area contributed by atoms with Gasteiger partial charge >= 0.3 is 6.18 Å². The van der Waals surface area contributed by atoms with E-state index in [9.17, 15) is 27.5 Å². The predicted molar refractivity (Wildman–Crippen MR) is 153 cm³/mol. The van der Waals surface area contributed by atoms with Crippen molar-refractivity contribution in [2.45, 2.75) is 57.6 Å². The minimum absolute atomic E-state index is 0.0241. The minimum atomic E-state index is -4.46. The van der Waals surface area contributed by atoms with Crippen molar-refractivity contribution in [1.29, 1.82) is 0 Å². The van der Waals surface area contributed by atoms with Crippen LogP contribution >= 0.6 is 0 Å². The second kappa shape index (κ2) is 14.1. The summed E-state index contributed by atoms with van der Waals surface area (Å²) in [4.78, 5) is 15.6. The fourth-order valence-electron chi connectivity index (χ4n) is 5.12. The summed E-state index contributed by atoms with van der Waals surface area (Å²) in [6.07, 6.45) is -3.81. The highest BCUT2D eigenvalue weighted by molar-refractivity contribution is 5.94. The zero-order chi connectivity index (χ0) is 30.3. The van der Waals surface area contributed by atoms with Gasteiger partial charge in [0.05, 0.1) is 24.3 Å². The molecule has 0 saturated heterocycles. The molecular formula is C32H37F4N3O3. The van der Waals surface area contributed by atoms with Gasteiger partial charge < -0.3 is 25.4 Å². The lowest BCUT2D eigenvalue weighted by atomic mass is 9.99. The summed E-state index contributed by atoms with van der Waals surface area (Å²) >= 11 is 0. The summed E-state index contributed by atoms with van der Waals surface area (Å²) in [5.41, 5.74) is 2.53. The summed E-state index contributed by atoms with van der Waals surface area (Å²) < 4.78 is 59.6. The number of hydrogen-bond donors (Lipinski definition) is 3. The third-order valence-electron chi connectivity index (χ3n) is 7.16. The fraction of sp³-hybridized carbons (Fsp3) is 0.406. The molecule has 1 aliphatic heterocycles. The Morgan fingerprint density at radius 1 is 1.10 bits per heavy atom. The molecule has 3 N–H and O–H groups in total. The number of benzene rings is 3. The molecular weight excluding hydrogens is 550 g/mol. The number of amides is 1. The van der Waals surface area contributed by atoms with E-state index in [1.807, 2.05) is 26.1 Å². The summed E-state index contributed by atoms with van der Waals surface area (Å²) in [5.74, 6) is -0.514. The fourth-order valence-corrected chi connectivity index (χ4v) is 5.12. The van der Waals surface area contributed by atoms with Crippen molar-refractivity contribution in [3.05, 3.63) is 99.9 Å². The standard InChI is InChI=1S/C32H37F4N3O3/c1-21-10-24-12-25(11-21)31(41)38-29(30(40)19-37-18-22-6-5-7-26(13-22)32(34,35)36)16-23-14-27(33)17-28(15-23)42-9-4-3-8-39(2)20-24/h5-7,10-15,17,29-30,37,40H,3-4,8-9,16,18-20H2,1-2H3,(H,38,41). The third-order valence-corrected chi connectivity index (χ3v) is 7.16. The number of rotatable bonds is 5. The van der Waals surface area contributed by atoms with Crippen molar-refractivity contribution in [3.8, 4) is 5.75 Å². The molecule has 6 nitrogen and oxygen atoms in total. The number of aryl methyl sites for hydroxylation is 1. The Morgan fingerprint density at radius 3 is 2.69 bits per heavy atom. The second-order valence-electron chi connectivity index (χ2n) is 11.0. The van der Waals surface area contributed by atoms with Gasteiger partial charge in [-0.05, 0) is 86.8 Å². The van der Waals surface area contributed by atoms with E-state index in [0.717, 1.165) is 42.6 Å². The van der Waals surface area contributed by atoms with Gasteiger partial charge in [0.1, 0.15) is 11.6 Å². The highest BCUT2D eigenvalue weighted by Crippen LogP contribution is 2.29. The zero-order valence-electron chi connectivity index (χ0n) is 23.8. The number of carbonyl (C=O) groups excluding carboxylic acids is 1. The first-order chi connectivity index (χ1) is 20.0. The van der Waals surface area contributed by atoms with Crippen LogP contribution in [0.25, 0.3) is 0 Å². The molecule has 0 spiro atoms. The van der Waals surface area contributed by atoms with Crippen LogP contribution in [0.4, 0.5) is 17.6 Å². The normalized spacial score (nSPS) is 18.1. The average Bonchev–Trinajstić information content (AvgIpc) is 2.91. The Bertz CT molecular complexity index is 1370. The van der Waals surface area contributed by atoms with Crippen molar-refractivity contribution in [2.24, 2.45) is 0 Å². The van der Waals surface area contributed by atoms with Crippen LogP contribution in [0.2, 0.25) is 0 Å². The van der Waals surface area contributed by atoms with Gasteiger partial charge in [0.2, 0.25) is 0 Å². The van der Waals surface area contributed by atoms with Gasteiger partial charge in [-0.1, -0.05) is 29.8 Å². The smallest absolute Gasteiger partial charge is 0.416 e. The molecule has 4 rings (SSSR count). The molecule has 0 aromatic heterocycles. The van der Waals surface area contributed by atoms with Crippen molar-refractivity contribution < 1.29 is 32.2 Å². The third kappa shape index (κ3) is 9.27. The molecule has 10 heteroatoms. The molecule has 3 aromatic carbocycles. The molecule has 1 heterocycles. The van der Waals surface area contributed by atoms with Crippen LogP contribution < -0.4 is 15.4 Å². The Morgan fingerprint density at radius 2 is 1.90 bits per heavy atom. The quantitative estimate of drug-likeness (QED) is 0.356. The summed E-state index contributed by atoms with van der Waals surface area (Å²) in [7, 11) is 2.01. The van der Waals surface area contributed by atoms with Crippen LogP contribution in [0.1, 0.15) is 51.0 Å². The SMILES string of the molecule is Cc1cc2cc(c1)C(=O)NC(C(O)CNCc1cccc(C(F)(F)F)c1)Cc1cc(F)cc(c1)OCCCCN(C)C2. The molecule has 226 valence electrons. The molecule has 2 unspecified atom stereocenters. The Labute approximate surface area is 243 Å². The second-order valence-corrected chi connectivity index (χ2v) is 11.0. The molecule has 1 amide bonds. The largest absolute Gasteiger partial charge is 0.493 e. The summed E-state index contributed by atoms with van der Waals surface area (Å²) in [6.45, 7) is 3.87. The van der Waals surface area contributed by atoms with E-state index >= 15 is 0 Å². The van der Waals surface area contributed by atoms with E-state index in [1.165, 1.54) is 18.2 Å². The monoisotopic (exact) mass is 587 g/mol. The number of fused-ring (bicyclic) bond motifs is 4. The number of hydrogen-bond acceptors (Lipinski definition) is 5. The average molecular weight is 588 g/mol. The van der Waals surface area contributed by atoms with Crippen molar-refractivity contribution in [2.75, 3.05) is 26.7 Å². The number of halogens is 4. The Hall–Kier alpha value is -3.47. The van der Waals surface area contributed by atoms with Gasteiger partial charge in [0.15, 0.2) is 0 Å². The van der Waals surface area contributed by atoms with E-state index in [-0.39, 0.29) is 25.4 Å². The maximum atomic E-state index is 14.5. The number of nitrogens with zero attached hydrogens (tertiary/aromatic N) is 1. The van der Waals surface area contributed by atoms with Gasteiger partial charge in [-0.25, -0.2) is 4.39 Å². The zero-order valence-corrected chi connectivity index (χ0v) is 23.8. The lowest BCUT2D eigenvalue weighted by molar-refractivity contribution is -0.137. The molecule has 0 fully saturated rings.